The molecule has 0 radical (unpaired) electrons. The fraction of sp³-hybridized carbons (Fsp3) is 0.833. The molecule has 0 aliphatic heterocycles. The van der Waals surface area contributed by atoms with Crippen molar-refractivity contribution in [2.45, 2.75) is 53.5 Å². The molecular formula is C12H23N3O. The SMILES string of the molecule is CC(C)NCCc1nc(CC(C)(C)C)no1. The number of nitrogens with one attached hydrogen (secondary N) is 1. The fourth-order valence-electron chi connectivity index (χ4n) is 1.41. The normalized spacial score (nSPS) is 12.4. The smallest absolute Gasteiger partial charge is 0.227 e. The van der Waals surface area contributed by atoms with Crippen LogP contribution < -0.4 is 5.32 Å². The van der Waals surface area contributed by atoms with E-state index < -0.39 is 0 Å². The van der Waals surface area contributed by atoms with Crippen molar-refractivity contribution >= 4 is 0 Å². The Morgan fingerprint density at radius 3 is 2.56 bits per heavy atom. The molecule has 4 heteroatoms. The second-order valence-electron chi connectivity index (χ2n) is 5.70. The van der Waals surface area contributed by atoms with Gasteiger partial charge in [0.1, 0.15) is 0 Å². The van der Waals surface area contributed by atoms with E-state index in [0.29, 0.717) is 6.04 Å². The molecule has 0 unspecified atom stereocenters. The number of hydrogen-bond donors (Lipinski definition) is 1. The van der Waals surface area contributed by atoms with Gasteiger partial charge in [-0.1, -0.05) is 39.8 Å². The van der Waals surface area contributed by atoms with Crippen molar-refractivity contribution in [3.8, 4) is 0 Å². The van der Waals surface area contributed by atoms with Gasteiger partial charge in [-0.05, 0) is 5.41 Å². The summed E-state index contributed by atoms with van der Waals surface area (Å²) in [6.45, 7) is 11.6. The maximum atomic E-state index is 5.19. The molecule has 0 aromatic carbocycles. The quantitative estimate of drug-likeness (QED) is 0.834. The van der Waals surface area contributed by atoms with Gasteiger partial charge < -0.3 is 9.84 Å². The minimum atomic E-state index is 0.206. The Kier molecular flexibility index (Phi) is 4.47. The third kappa shape index (κ3) is 5.26. The monoisotopic (exact) mass is 225 g/mol. The molecular weight excluding hydrogens is 202 g/mol. The number of nitrogens with zero attached hydrogens (tertiary/aromatic N) is 2. The van der Waals surface area contributed by atoms with Crippen LogP contribution in [-0.2, 0) is 12.8 Å². The summed E-state index contributed by atoms with van der Waals surface area (Å²) < 4.78 is 5.19. The molecule has 0 atom stereocenters. The minimum absolute atomic E-state index is 0.206. The van der Waals surface area contributed by atoms with Crippen molar-refractivity contribution < 1.29 is 4.52 Å². The van der Waals surface area contributed by atoms with Gasteiger partial charge in [-0.3, -0.25) is 0 Å². The molecule has 1 aromatic heterocycles. The summed E-state index contributed by atoms with van der Waals surface area (Å²) in [5, 5.41) is 7.31. The van der Waals surface area contributed by atoms with E-state index in [4.69, 9.17) is 4.52 Å². The Bertz CT molecular complexity index is 312. The van der Waals surface area contributed by atoms with Crippen LogP contribution in [0.3, 0.4) is 0 Å². The molecule has 1 aromatic rings. The Hall–Kier alpha value is -0.900. The van der Waals surface area contributed by atoms with E-state index in [1.165, 1.54) is 0 Å². The summed E-state index contributed by atoms with van der Waals surface area (Å²) in [7, 11) is 0. The van der Waals surface area contributed by atoms with Gasteiger partial charge in [-0.25, -0.2) is 0 Å². The van der Waals surface area contributed by atoms with Crippen LogP contribution >= 0.6 is 0 Å². The van der Waals surface area contributed by atoms with E-state index in [1.807, 2.05) is 0 Å². The zero-order valence-electron chi connectivity index (χ0n) is 11.0. The molecule has 0 bridgehead atoms. The van der Waals surface area contributed by atoms with Crippen molar-refractivity contribution in [3.05, 3.63) is 11.7 Å². The molecule has 0 aliphatic rings. The zero-order valence-corrected chi connectivity index (χ0v) is 11.0. The second kappa shape index (κ2) is 5.43. The second-order valence-corrected chi connectivity index (χ2v) is 5.70. The van der Waals surface area contributed by atoms with Crippen LogP contribution in [0.25, 0.3) is 0 Å². The van der Waals surface area contributed by atoms with E-state index in [2.05, 4.69) is 50.1 Å². The van der Waals surface area contributed by atoms with Crippen LogP contribution in [0.1, 0.15) is 46.3 Å². The Balaban J connectivity index is 2.40. The van der Waals surface area contributed by atoms with E-state index in [1.54, 1.807) is 0 Å². The van der Waals surface area contributed by atoms with Gasteiger partial charge in [0.15, 0.2) is 5.82 Å². The number of hydrogen-bond acceptors (Lipinski definition) is 4. The van der Waals surface area contributed by atoms with Crippen LogP contribution in [-0.4, -0.2) is 22.7 Å². The summed E-state index contributed by atoms with van der Waals surface area (Å²) in [6.07, 6.45) is 1.66. The van der Waals surface area contributed by atoms with Crippen LogP contribution in [0.2, 0.25) is 0 Å². The molecule has 0 saturated carbocycles. The van der Waals surface area contributed by atoms with Crippen molar-refractivity contribution in [2.75, 3.05) is 6.54 Å². The molecule has 1 heterocycles. The molecule has 0 fully saturated rings. The van der Waals surface area contributed by atoms with Crippen LogP contribution in [0.5, 0.6) is 0 Å². The minimum Gasteiger partial charge on any atom is -0.339 e. The molecule has 0 aliphatic carbocycles. The maximum Gasteiger partial charge on any atom is 0.227 e. The fourth-order valence-corrected chi connectivity index (χ4v) is 1.41. The summed E-state index contributed by atoms with van der Waals surface area (Å²) in [4.78, 5) is 4.37. The highest BCUT2D eigenvalue weighted by molar-refractivity contribution is 4.90. The van der Waals surface area contributed by atoms with E-state index >= 15 is 0 Å². The standard InChI is InChI=1S/C12H23N3O/c1-9(2)13-7-6-11-14-10(15-16-11)8-12(3,4)5/h9,13H,6-8H2,1-5H3. The van der Waals surface area contributed by atoms with Gasteiger partial charge >= 0.3 is 0 Å². The number of aromatic nitrogens is 2. The zero-order chi connectivity index (χ0) is 12.2. The first-order valence-corrected chi connectivity index (χ1v) is 5.92. The number of rotatable bonds is 5. The third-order valence-electron chi connectivity index (χ3n) is 2.09. The molecule has 92 valence electrons. The molecule has 1 N–H and O–H groups in total. The van der Waals surface area contributed by atoms with Gasteiger partial charge in [0.05, 0.1) is 0 Å². The average molecular weight is 225 g/mol. The highest BCUT2D eigenvalue weighted by Gasteiger charge is 2.15. The van der Waals surface area contributed by atoms with E-state index in [9.17, 15) is 0 Å². The van der Waals surface area contributed by atoms with Gasteiger partial charge in [-0.2, -0.15) is 4.98 Å². The van der Waals surface area contributed by atoms with Crippen molar-refractivity contribution in [1.82, 2.24) is 15.5 Å². The molecule has 16 heavy (non-hydrogen) atoms. The Morgan fingerprint density at radius 2 is 2.00 bits per heavy atom. The predicted octanol–water partition coefficient (Wildman–Crippen LogP) is 2.20. The lowest BCUT2D eigenvalue weighted by atomic mass is 9.92. The average Bonchev–Trinajstić information content (AvgIpc) is 2.48. The van der Waals surface area contributed by atoms with Crippen LogP contribution in [0.15, 0.2) is 4.52 Å². The van der Waals surface area contributed by atoms with E-state index in [-0.39, 0.29) is 5.41 Å². The summed E-state index contributed by atoms with van der Waals surface area (Å²) in [6, 6.07) is 0.497. The molecule has 0 saturated heterocycles. The van der Waals surface area contributed by atoms with Crippen LogP contribution in [0, 0.1) is 5.41 Å². The van der Waals surface area contributed by atoms with Gasteiger partial charge in [0.25, 0.3) is 0 Å². The van der Waals surface area contributed by atoms with E-state index in [0.717, 1.165) is 31.1 Å². The largest absolute Gasteiger partial charge is 0.339 e. The summed E-state index contributed by atoms with van der Waals surface area (Å²) >= 11 is 0. The predicted molar refractivity (Wildman–Crippen MR) is 64.3 cm³/mol. The Morgan fingerprint density at radius 1 is 1.31 bits per heavy atom. The van der Waals surface area contributed by atoms with Gasteiger partial charge in [0, 0.05) is 25.4 Å². The van der Waals surface area contributed by atoms with Crippen molar-refractivity contribution in [1.29, 1.82) is 0 Å². The third-order valence-corrected chi connectivity index (χ3v) is 2.09. The topological polar surface area (TPSA) is 51.0 Å². The van der Waals surface area contributed by atoms with Crippen molar-refractivity contribution in [3.63, 3.8) is 0 Å². The van der Waals surface area contributed by atoms with Crippen molar-refractivity contribution in [2.24, 2.45) is 5.41 Å². The first-order valence-electron chi connectivity index (χ1n) is 5.92. The van der Waals surface area contributed by atoms with Crippen LogP contribution in [0.4, 0.5) is 0 Å². The molecule has 0 spiro atoms. The molecule has 4 nitrogen and oxygen atoms in total. The first-order chi connectivity index (χ1) is 7.37. The lowest BCUT2D eigenvalue weighted by Crippen LogP contribution is -2.25. The highest BCUT2D eigenvalue weighted by atomic mass is 16.5. The highest BCUT2D eigenvalue weighted by Crippen LogP contribution is 2.18. The summed E-state index contributed by atoms with van der Waals surface area (Å²) in [5.74, 6) is 1.54. The molecule has 1 rings (SSSR count). The van der Waals surface area contributed by atoms with Gasteiger partial charge in [-0.15, -0.1) is 0 Å². The molecule has 0 amide bonds. The maximum absolute atomic E-state index is 5.19. The lowest BCUT2D eigenvalue weighted by Gasteiger charge is -2.14. The Labute approximate surface area is 97.8 Å². The first kappa shape index (κ1) is 13.2. The summed E-state index contributed by atoms with van der Waals surface area (Å²) in [5.41, 5.74) is 0.206. The lowest BCUT2D eigenvalue weighted by molar-refractivity contribution is 0.352. The van der Waals surface area contributed by atoms with Gasteiger partial charge in [0.2, 0.25) is 5.89 Å².